The maximum atomic E-state index is 13.7. The predicted octanol–water partition coefficient (Wildman–Crippen LogP) is 2.94. The zero-order chi connectivity index (χ0) is 24.9. The van der Waals surface area contributed by atoms with Crippen molar-refractivity contribution in [2.75, 3.05) is 20.3 Å². The number of nitrogens with zero attached hydrogens (tertiary/aromatic N) is 2. The average molecular weight is 473 g/mol. The lowest BCUT2D eigenvalue weighted by atomic mass is 9.77. The van der Waals surface area contributed by atoms with Crippen LogP contribution in [-0.2, 0) is 35.1 Å². The second-order valence-corrected chi connectivity index (χ2v) is 10.3. The Hall–Kier alpha value is -2.90. The van der Waals surface area contributed by atoms with Gasteiger partial charge < -0.3 is 19.3 Å². The molecule has 1 aliphatic carbocycles. The van der Waals surface area contributed by atoms with Gasteiger partial charge in [0.15, 0.2) is 0 Å². The first-order chi connectivity index (χ1) is 16.1. The van der Waals surface area contributed by atoms with Gasteiger partial charge in [0, 0.05) is 0 Å². The van der Waals surface area contributed by atoms with Crippen LogP contribution in [0.5, 0.6) is 0 Å². The first-order valence-electron chi connectivity index (χ1n) is 12.0. The fourth-order valence-electron chi connectivity index (χ4n) is 4.64. The summed E-state index contributed by atoms with van der Waals surface area (Å²) in [5.74, 6) is -2.20. The van der Waals surface area contributed by atoms with E-state index in [9.17, 15) is 19.2 Å². The molecule has 1 saturated heterocycles. The van der Waals surface area contributed by atoms with Crippen molar-refractivity contribution in [3.63, 3.8) is 0 Å². The van der Waals surface area contributed by atoms with Crippen LogP contribution in [0.1, 0.15) is 58.4 Å². The highest BCUT2D eigenvalue weighted by atomic mass is 16.5. The zero-order valence-electron chi connectivity index (χ0n) is 20.6. The van der Waals surface area contributed by atoms with Gasteiger partial charge in [0.1, 0.15) is 12.1 Å². The Labute approximate surface area is 201 Å². The molecule has 0 bridgehead atoms. The molecule has 0 N–H and O–H groups in total. The highest BCUT2D eigenvalue weighted by Crippen LogP contribution is 2.33. The van der Waals surface area contributed by atoms with Gasteiger partial charge in [-0.2, -0.15) is 0 Å². The van der Waals surface area contributed by atoms with E-state index in [4.69, 9.17) is 9.47 Å². The van der Waals surface area contributed by atoms with E-state index in [1.54, 1.807) is 0 Å². The third-order valence-electron chi connectivity index (χ3n) is 6.71. The van der Waals surface area contributed by atoms with E-state index < -0.39 is 29.3 Å². The van der Waals surface area contributed by atoms with Crippen LogP contribution in [0, 0.1) is 11.3 Å². The molecule has 8 nitrogen and oxygen atoms in total. The highest BCUT2D eigenvalue weighted by Gasteiger charge is 2.46. The molecule has 2 fully saturated rings. The molecule has 1 saturated carbocycles. The van der Waals surface area contributed by atoms with Crippen LogP contribution in [0.3, 0.4) is 0 Å². The minimum absolute atomic E-state index is 0.0193. The molecular formula is C26H36N2O6. The Morgan fingerprint density at radius 3 is 2.29 bits per heavy atom. The number of ether oxygens (including phenoxy) is 2. The minimum atomic E-state index is -0.909. The third-order valence-corrected chi connectivity index (χ3v) is 6.71. The van der Waals surface area contributed by atoms with Gasteiger partial charge in [0.05, 0.1) is 39.1 Å². The average Bonchev–Trinajstić information content (AvgIpc) is 3.46. The summed E-state index contributed by atoms with van der Waals surface area (Å²) in [5, 5.41) is 0. The molecule has 34 heavy (non-hydrogen) atoms. The van der Waals surface area contributed by atoms with E-state index in [1.165, 1.54) is 16.9 Å². The molecule has 0 spiro atoms. The van der Waals surface area contributed by atoms with E-state index in [1.807, 2.05) is 51.1 Å². The van der Waals surface area contributed by atoms with E-state index >= 15 is 0 Å². The number of carbonyl (C=O) groups excluding carboxylic acids is 4. The molecule has 3 rings (SSSR count). The van der Waals surface area contributed by atoms with Gasteiger partial charge in [-0.15, -0.1) is 0 Å². The highest BCUT2D eigenvalue weighted by molar-refractivity contribution is 5.91. The molecule has 1 aliphatic heterocycles. The Morgan fingerprint density at radius 1 is 1.06 bits per heavy atom. The normalized spacial score (nSPS) is 19.7. The number of methoxy groups -OCH3 is 1. The number of hydrogen-bond acceptors (Lipinski definition) is 6. The van der Waals surface area contributed by atoms with Crippen molar-refractivity contribution in [3.05, 3.63) is 35.9 Å². The topological polar surface area (TPSA) is 93.2 Å². The summed E-state index contributed by atoms with van der Waals surface area (Å²) in [5.41, 5.74) is 0.308. The Morgan fingerprint density at radius 2 is 1.71 bits per heavy atom. The first kappa shape index (κ1) is 25.7. The number of benzene rings is 1. The van der Waals surface area contributed by atoms with Crippen molar-refractivity contribution in [1.29, 1.82) is 0 Å². The predicted molar refractivity (Wildman–Crippen MR) is 125 cm³/mol. The van der Waals surface area contributed by atoms with Crippen molar-refractivity contribution in [1.82, 2.24) is 9.80 Å². The van der Waals surface area contributed by atoms with Crippen LogP contribution >= 0.6 is 0 Å². The molecule has 0 radical (unpaired) electrons. The van der Waals surface area contributed by atoms with E-state index in [0.29, 0.717) is 0 Å². The molecule has 2 atom stereocenters. The van der Waals surface area contributed by atoms with Gasteiger partial charge >= 0.3 is 11.9 Å². The summed E-state index contributed by atoms with van der Waals surface area (Å²) in [7, 11) is 1.26. The first-order valence-corrected chi connectivity index (χ1v) is 12.0. The van der Waals surface area contributed by atoms with Gasteiger partial charge in [-0.3, -0.25) is 14.4 Å². The summed E-state index contributed by atoms with van der Waals surface area (Å²) < 4.78 is 10.5. The Kier molecular flexibility index (Phi) is 8.33. The SMILES string of the molecule is COC(=O)[C@@H]1CN(C(=O)Cc2ccccc2)CN1C(=O)[C@@H](CC(=O)OC1CCCC1)C(C)(C)C. The molecule has 2 aliphatic rings. The lowest BCUT2D eigenvalue weighted by molar-refractivity contribution is -0.158. The Bertz CT molecular complexity index is 888. The molecule has 0 unspecified atom stereocenters. The second kappa shape index (κ2) is 11.0. The monoisotopic (exact) mass is 472 g/mol. The largest absolute Gasteiger partial charge is 0.467 e. The fourth-order valence-corrected chi connectivity index (χ4v) is 4.64. The number of carbonyl (C=O) groups is 4. The maximum absolute atomic E-state index is 13.7. The summed E-state index contributed by atoms with van der Waals surface area (Å²) >= 11 is 0. The van der Waals surface area contributed by atoms with Crippen LogP contribution in [-0.4, -0.2) is 66.0 Å². The number of hydrogen-bond donors (Lipinski definition) is 0. The quantitative estimate of drug-likeness (QED) is 0.567. The van der Waals surface area contributed by atoms with Gasteiger partial charge in [0.25, 0.3) is 0 Å². The summed E-state index contributed by atoms with van der Waals surface area (Å²) in [6, 6.07) is 8.41. The van der Waals surface area contributed by atoms with Gasteiger partial charge in [-0.1, -0.05) is 51.1 Å². The van der Waals surface area contributed by atoms with Crippen LogP contribution < -0.4 is 0 Å². The third kappa shape index (κ3) is 6.36. The standard InChI is InChI=1S/C26H36N2O6/c1-26(2,3)20(15-23(30)34-19-12-8-9-13-19)24(31)28-17-27(16-21(28)25(32)33-4)22(29)14-18-10-6-5-7-11-18/h5-7,10-11,19-21H,8-9,12-17H2,1-4H3/t20-,21+/m1/s1. The van der Waals surface area contributed by atoms with Crippen molar-refractivity contribution < 1.29 is 28.7 Å². The zero-order valence-corrected chi connectivity index (χ0v) is 20.6. The molecule has 1 heterocycles. The molecule has 186 valence electrons. The number of amides is 2. The summed E-state index contributed by atoms with van der Waals surface area (Å²) in [6.45, 7) is 5.71. The van der Waals surface area contributed by atoms with Gasteiger partial charge in [-0.05, 0) is 36.7 Å². The van der Waals surface area contributed by atoms with Crippen LogP contribution in [0.15, 0.2) is 30.3 Å². The van der Waals surface area contributed by atoms with Crippen molar-refractivity contribution in [2.24, 2.45) is 11.3 Å². The minimum Gasteiger partial charge on any atom is -0.467 e. The number of rotatable bonds is 7. The van der Waals surface area contributed by atoms with Crippen LogP contribution in [0.2, 0.25) is 0 Å². The summed E-state index contributed by atoms with van der Waals surface area (Å²) in [4.78, 5) is 54.7. The van der Waals surface area contributed by atoms with E-state index in [2.05, 4.69) is 0 Å². The number of esters is 2. The van der Waals surface area contributed by atoms with Gasteiger partial charge in [0.2, 0.25) is 11.8 Å². The molecule has 1 aromatic rings. The molecule has 2 amide bonds. The van der Waals surface area contributed by atoms with E-state index in [-0.39, 0.29) is 44.0 Å². The molecular weight excluding hydrogens is 436 g/mol. The molecule has 8 heteroatoms. The lowest BCUT2D eigenvalue weighted by Gasteiger charge is -2.34. The van der Waals surface area contributed by atoms with Crippen molar-refractivity contribution in [3.8, 4) is 0 Å². The smallest absolute Gasteiger partial charge is 0.330 e. The summed E-state index contributed by atoms with van der Waals surface area (Å²) in [6.07, 6.45) is 3.82. The van der Waals surface area contributed by atoms with Crippen molar-refractivity contribution in [2.45, 2.75) is 71.4 Å². The van der Waals surface area contributed by atoms with E-state index in [0.717, 1.165) is 31.2 Å². The van der Waals surface area contributed by atoms with Crippen LogP contribution in [0.4, 0.5) is 0 Å². The van der Waals surface area contributed by atoms with Crippen molar-refractivity contribution >= 4 is 23.8 Å². The maximum Gasteiger partial charge on any atom is 0.330 e. The van der Waals surface area contributed by atoms with Gasteiger partial charge in [-0.25, -0.2) is 4.79 Å². The molecule has 0 aromatic heterocycles. The fraction of sp³-hybridized carbons (Fsp3) is 0.615. The van der Waals surface area contributed by atoms with Crippen LogP contribution in [0.25, 0.3) is 0 Å². The Balaban J connectivity index is 1.75. The molecule has 1 aromatic carbocycles. The lowest BCUT2D eigenvalue weighted by Crippen LogP contribution is -2.48. The second-order valence-electron chi connectivity index (χ2n) is 10.3.